The topological polar surface area (TPSA) is 43.4 Å². The molecule has 0 bridgehead atoms. The highest BCUT2D eigenvalue weighted by Gasteiger charge is 2.31. The number of carbonyl (C=O) groups excluding carboxylic acids is 2. The molecule has 3 nitrogen and oxygen atoms in total. The van der Waals surface area contributed by atoms with Gasteiger partial charge in [-0.05, 0) is 13.0 Å². The first-order chi connectivity index (χ1) is 9.91. The van der Waals surface area contributed by atoms with Crippen LogP contribution in [-0.4, -0.2) is 16.8 Å². The number of hydrogen-bond donors (Lipinski definition) is 0. The lowest BCUT2D eigenvalue weighted by Gasteiger charge is -2.25. The first-order valence-corrected chi connectivity index (χ1v) is 6.86. The Morgan fingerprint density at radius 2 is 1.95 bits per heavy atom. The second kappa shape index (κ2) is 6.10. The van der Waals surface area contributed by atoms with Gasteiger partial charge in [-0.1, -0.05) is 60.7 Å². The van der Waals surface area contributed by atoms with Crippen LogP contribution in [0, 0.1) is 0 Å². The molecule has 0 amide bonds. The predicted octanol–water partition coefficient (Wildman–Crippen LogP) is 3.81. The molecule has 1 aliphatic carbocycles. The molecule has 2 rings (SSSR count). The molecule has 0 saturated heterocycles. The Balaban J connectivity index is 2.09. The molecule has 1 aromatic rings. The largest absolute Gasteiger partial charge is 0.436 e. The molecule has 0 aromatic heterocycles. The highest BCUT2D eigenvalue weighted by molar-refractivity contribution is 6.25. The van der Waals surface area contributed by atoms with Crippen molar-refractivity contribution in [1.82, 2.24) is 0 Å². The van der Waals surface area contributed by atoms with Crippen molar-refractivity contribution in [3.63, 3.8) is 0 Å². The van der Waals surface area contributed by atoms with E-state index in [1.165, 1.54) is 6.08 Å². The molecule has 1 atom stereocenters. The summed E-state index contributed by atoms with van der Waals surface area (Å²) in [6.07, 6.45) is 5.01. The molecule has 1 aromatic carbocycles. The normalized spacial score (nSPS) is 20.6. The van der Waals surface area contributed by atoms with E-state index in [9.17, 15) is 9.59 Å². The Morgan fingerprint density at radius 1 is 1.29 bits per heavy atom. The van der Waals surface area contributed by atoms with Gasteiger partial charge in [0.25, 0.3) is 0 Å². The van der Waals surface area contributed by atoms with Gasteiger partial charge in [0.15, 0.2) is 5.78 Å². The number of ketones is 1. The van der Waals surface area contributed by atoms with Crippen molar-refractivity contribution in [3.8, 4) is 0 Å². The summed E-state index contributed by atoms with van der Waals surface area (Å²) in [5.41, 5.74) is 1.41. The molecule has 0 fully saturated rings. The molecule has 0 aliphatic heterocycles. The van der Waals surface area contributed by atoms with Gasteiger partial charge < -0.3 is 4.74 Å². The average molecular weight is 303 g/mol. The minimum Gasteiger partial charge on any atom is -0.436 e. The van der Waals surface area contributed by atoms with Gasteiger partial charge in [-0.2, -0.15) is 0 Å². The number of carbonyl (C=O) groups is 2. The van der Waals surface area contributed by atoms with Crippen molar-refractivity contribution in [3.05, 3.63) is 71.8 Å². The van der Waals surface area contributed by atoms with Crippen LogP contribution in [0.5, 0.6) is 0 Å². The van der Waals surface area contributed by atoms with Crippen molar-refractivity contribution < 1.29 is 14.3 Å². The lowest BCUT2D eigenvalue weighted by atomic mass is 9.97. The summed E-state index contributed by atoms with van der Waals surface area (Å²) in [7, 11) is 0. The minimum atomic E-state index is -1.25. The van der Waals surface area contributed by atoms with Crippen molar-refractivity contribution in [1.29, 1.82) is 0 Å². The Hall–Kier alpha value is -2.13. The summed E-state index contributed by atoms with van der Waals surface area (Å²) in [5.74, 6) is -0.641. The molecule has 4 heteroatoms. The number of halogens is 1. The van der Waals surface area contributed by atoms with E-state index in [1.54, 1.807) is 43.3 Å². The Kier molecular flexibility index (Phi) is 4.43. The number of Topliss-reactive ketones (excluding diaryl/α,β-unsaturated/α-hetero) is 1. The van der Waals surface area contributed by atoms with E-state index >= 15 is 0 Å². The lowest BCUT2D eigenvalue weighted by molar-refractivity contribution is -0.144. The molecule has 0 heterocycles. The molecule has 0 spiro atoms. The molecule has 0 radical (unpaired) electrons. The highest BCUT2D eigenvalue weighted by atomic mass is 35.5. The second-order valence-corrected chi connectivity index (χ2v) is 5.49. The van der Waals surface area contributed by atoms with E-state index in [1.807, 2.05) is 6.07 Å². The van der Waals surface area contributed by atoms with Crippen molar-refractivity contribution in [2.24, 2.45) is 0 Å². The summed E-state index contributed by atoms with van der Waals surface area (Å²) in [6.45, 7) is 5.06. The molecular weight excluding hydrogens is 288 g/mol. The van der Waals surface area contributed by atoms with Gasteiger partial charge in [0, 0.05) is 23.1 Å². The number of allylic oxidation sites excluding steroid dienone is 2. The fourth-order valence-electron chi connectivity index (χ4n) is 1.84. The van der Waals surface area contributed by atoms with E-state index in [2.05, 4.69) is 6.58 Å². The summed E-state index contributed by atoms with van der Waals surface area (Å²) >= 11 is 6.20. The zero-order chi connectivity index (χ0) is 15.5. The number of alkyl halides is 1. The smallest absolute Gasteiger partial charge is 0.335 e. The zero-order valence-corrected chi connectivity index (χ0v) is 12.4. The van der Waals surface area contributed by atoms with Gasteiger partial charge in [-0.25, -0.2) is 4.79 Å². The van der Waals surface area contributed by atoms with Crippen molar-refractivity contribution >= 4 is 23.4 Å². The second-order valence-electron chi connectivity index (χ2n) is 4.85. The summed E-state index contributed by atoms with van der Waals surface area (Å²) in [4.78, 5) is 23.8. The quantitative estimate of drug-likeness (QED) is 0.368. The summed E-state index contributed by atoms with van der Waals surface area (Å²) in [6, 6.07) is 8.96. The van der Waals surface area contributed by atoms with E-state index in [-0.39, 0.29) is 17.8 Å². The fraction of sp³-hybridized carbons (Fsp3) is 0.176. The fourth-order valence-corrected chi connectivity index (χ4v) is 2.05. The number of rotatable bonds is 4. The third-order valence-corrected chi connectivity index (χ3v) is 3.38. The molecule has 0 saturated carbocycles. The van der Waals surface area contributed by atoms with E-state index in [0.29, 0.717) is 11.1 Å². The molecular formula is C17H15ClO3. The van der Waals surface area contributed by atoms with Crippen LogP contribution in [0.25, 0.3) is 0 Å². The van der Waals surface area contributed by atoms with Crippen LogP contribution in [0.15, 0.2) is 66.3 Å². The third-order valence-electron chi connectivity index (χ3n) is 3.02. The van der Waals surface area contributed by atoms with Crippen LogP contribution < -0.4 is 0 Å². The molecule has 108 valence electrons. The number of benzene rings is 1. The number of ether oxygens (including phenoxy) is 1. The van der Waals surface area contributed by atoms with E-state index in [0.717, 1.165) is 0 Å². The van der Waals surface area contributed by atoms with Crippen LogP contribution in [0.3, 0.4) is 0 Å². The van der Waals surface area contributed by atoms with Gasteiger partial charge in [0.2, 0.25) is 5.06 Å². The SMILES string of the molecule is C=C(C)C(=O)OC1(Cl)C=CC(C(=O)c2ccccc2)=CC1. The van der Waals surface area contributed by atoms with E-state index in [4.69, 9.17) is 16.3 Å². The number of hydrogen-bond acceptors (Lipinski definition) is 3. The Bertz CT molecular complexity index is 643. The van der Waals surface area contributed by atoms with Crippen LogP contribution in [-0.2, 0) is 9.53 Å². The molecule has 1 unspecified atom stereocenters. The minimum absolute atomic E-state index is 0.0863. The molecule has 21 heavy (non-hydrogen) atoms. The average Bonchev–Trinajstić information content (AvgIpc) is 2.48. The third kappa shape index (κ3) is 3.70. The van der Waals surface area contributed by atoms with Gasteiger partial charge in [-0.15, -0.1) is 0 Å². The molecule has 0 N–H and O–H groups in total. The molecule has 1 aliphatic rings. The van der Waals surface area contributed by atoms with E-state index < -0.39 is 11.0 Å². The zero-order valence-electron chi connectivity index (χ0n) is 11.6. The van der Waals surface area contributed by atoms with Crippen molar-refractivity contribution in [2.75, 3.05) is 0 Å². The van der Waals surface area contributed by atoms with Crippen LogP contribution in [0.4, 0.5) is 0 Å². The van der Waals surface area contributed by atoms with Gasteiger partial charge in [0.05, 0.1) is 0 Å². The van der Waals surface area contributed by atoms with Crippen LogP contribution >= 0.6 is 11.6 Å². The predicted molar refractivity (Wildman–Crippen MR) is 82.1 cm³/mol. The summed E-state index contributed by atoms with van der Waals surface area (Å²) < 4.78 is 5.16. The van der Waals surface area contributed by atoms with Gasteiger partial charge in [-0.3, -0.25) is 4.79 Å². The van der Waals surface area contributed by atoms with Crippen LogP contribution in [0.1, 0.15) is 23.7 Å². The maximum absolute atomic E-state index is 12.3. The Labute approximate surface area is 128 Å². The van der Waals surface area contributed by atoms with Gasteiger partial charge >= 0.3 is 5.97 Å². The monoisotopic (exact) mass is 302 g/mol. The first kappa shape index (κ1) is 15.3. The lowest BCUT2D eigenvalue weighted by Crippen LogP contribution is -2.28. The summed E-state index contributed by atoms with van der Waals surface area (Å²) in [5, 5.41) is -1.25. The highest BCUT2D eigenvalue weighted by Crippen LogP contribution is 2.31. The Morgan fingerprint density at radius 3 is 2.48 bits per heavy atom. The van der Waals surface area contributed by atoms with Crippen LogP contribution in [0.2, 0.25) is 0 Å². The first-order valence-electron chi connectivity index (χ1n) is 6.48. The van der Waals surface area contributed by atoms with Crippen molar-refractivity contribution in [2.45, 2.75) is 18.4 Å². The maximum Gasteiger partial charge on any atom is 0.335 e. The standard InChI is InChI=1S/C17H15ClO3/c1-12(2)16(20)21-17(18)10-8-14(9-11-17)15(19)13-6-4-3-5-7-13/h3-10H,1,11H2,2H3. The number of esters is 1. The van der Waals surface area contributed by atoms with Gasteiger partial charge in [0.1, 0.15) is 0 Å². The maximum atomic E-state index is 12.3.